The molecule has 0 bridgehead atoms. The van der Waals surface area contributed by atoms with Crippen LogP contribution in [0.25, 0.3) is 0 Å². The molecule has 0 aliphatic rings. The minimum absolute atomic E-state index is 0.272. The molecule has 0 spiro atoms. The fraction of sp³-hybridized carbons (Fsp3) is 0.286. The summed E-state index contributed by atoms with van der Waals surface area (Å²) in [5.41, 5.74) is 5.21. The van der Waals surface area contributed by atoms with Crippen LogP contribution in [0.1, 0.15) is 6.42 Å². The second-order valence-electron chi connectivity index (χ2n) is 2.06. The van der Waals surface area contributed by atoms with Crippen LogP contribution in [0.4, 0.5) is 0 Å². The fourth-order valence-corrected chi connectivity index (χ4v) is 2.44. The number of thiophene rings is 1. The predicted molar refractivity (Wildman–Crippen MR) is 51.6 cm³/mol. The van der Waals surface area contributed by atoms with E-state index in [9.17, 15) is 0 Å². The molecule has 0 aliphatic heterocycles. The van der Waals surface area contributed by atoms with Crippen LogP contribution in [-0.4, -0.2) is 11.6 Å². The largest absolute Gasteiger partial charge is 0.388 e. The van der Waals surface area contributed by atoms with Gasteiger partial charge in [0.05, 0.1) is 10.0 Å². The second kappa shape index (κ2) is 4.41. The van der Waals surface area contributed by atoms with E-state index in [2.05, 4.69) is 11.4 Å². The van der Waals surface area contributed by atoms with Crippen LogP contribution >= 0.6 is 23.1 Å². The fourth-order valence-electron chi connectivity index (χ4n) is 0.607. The van der Waals surface area contributed by atoms with Gasteiger partial charge < -0.3 is 5.73 Å². The maximum Gasteiger partial charge on any atom is 0.0913 e. The summed E-state index contributed by atoms with van der Waals surface area (Å²) in [6.07, 6.45) is 0.683. The van der Waals surface area contributed by atoms with Crippen molar-refractivity contribution in [2.24, 2.45) is 5.73 Å². The molecule has 1 rings (SSSR count). The standard InChI is InChI=1S/C7H10N2S2/c8-6(9)3-5-11-7-2-1-4-10-7/h1-2,4H,3,5H2,(H3,8,9). The Morgan fingerprint density at radius 2 is 2.55 bits per heavy atom. The quantitative estimate of drug-likeness (QED) is 0.430. The molecule has 60 valence electrons. The molecule has 0 unspecified atom stereocenters. The lowest BCUT2D eigenvalue weighted by Crippen LogP contribution is -2.09. The van der Waals surface area contributed by atoms with Crippen molar-refractivity contribution in [2.45, 2.75) is 10.6 Å². The molecule has 0 saturated carbocycles. The van der Waals surface area contributed by atoms with E-state index in [1.54, 1.807) is 23.1 Å². The van der Waals surface area contributed by atoms with Gasteiger partial charge in [0.1, 0.15) is 0 Å². The molecule has 0 fully saturated rings. The van der Waals surface area contributed by atoms with Crippen molar-refractivity contribution in [1.82, 2.24) is 0 Å². The van der Waals surface area contributed by atoms with Crippen LogP contribution in [0.15, 0.2) is 21.7 Å². The highest BCUT2D eigenvalue weighted by molar-refractivity contribution is 8.01. The first kappa shape index (κ1) is 8.62. The van der Waals surface area contributed by atoms with Crippen molar-refractivity contribution in [3.63, 3.8) is 0 Å². The highest BCUT2D eigenvalue weighted by Crippen LogP contribution is 2.23. The van der Waals surface area contributed by atoms with Gasteiger partial charge in [-0.15, -0.1) is 23.1 Å². The zero-order chi connectivity index (χ0) is 8.10. The third kappa shape index (κ3) is 3.43. The molecule has 0 radical (unpaired) electrons. The number of rotatable bonds is 4. The van der Waals surface area contributed by atoms with E-state index in [0.717, 1.165) is 5.75 Å². The Kier molecular flexibility index (Phi) is 3.45. The van der Waals surface area contributed by atoms with Gasteiger partial charge in [-0.05, 0) is 11.4 Å². The molecule has 0 aliphatic carbocycles. The Morgan fingerprint density at radius 1 is 1.73 bits per heavy atom. The molecule has 0 atom stereocenters. The van der Waals surface area contributed by atoms with Gasteiger partial charge in [0, 0.05) is 12.2 Å². The van der Waals surface area contributed by atoms with Crippen molar-refractivity contribution < 1.29 is 0 Å². The minimum Gasteiger partial charge on any atom is -0.388 e. The van der Waals surface area contributed by atoms with Gasteiger partial charge in [0.25, 0.3) is 0 Å². The average molecular weight is 186 g/mol. The van der Waals surface area contributed by atoms with E-state index in [4.69, 9.17) is 11.1 Å². The average Bonchev–Trinajstić information content (AvgIpc) is 2.39. The smallest absolute Gasteiger partial charge is 0.0913 e. The van der Waals surface area contributed by atoms with E-state index in [-0.39, 0.29) is 5.84 Å². The first-order valence-corrected chi connectivity index (χ1v) is 5.15. The Labute approximate surface area is 74.3 Å². The zero-order valence-electron chi connectivity index (χ0n) is 6.04. The molecule has 4 heteroatoms. The molecular formula is C7H10N2S2. The predicted octanol–water partition coefficient (Wildman–Crippen LogP) is 2.17. The van der Waals surface area contributed by atoms with Gasteiger partial charge in [0.15, 0.2) is 0 Å². The van der Waals surface area contributed by atoms with Gasteiger partial charge in [0.2, 0.25) is 0 Å². The number of thioether (sulfide) groups is 1. The third-order valence-corrected chi connectivity index (χ3v) is 3.24. The Hall–Kier alpha value is -0.480. The van der Waals surface area contributed by atoms with Crippen molar-refractivity contribution >= 4 is 28.9 Å². The molecule has 1 heterocycles. The molecule has 3 N–H and O–H groups in total. The Bertz CT molecular complexity index is 218. The second-order valence-corrected chi connectivity index (χ2v) is 4.40. The lowest BCUT2D eigenvalue weighted by atomic mass is 10.5. The van der Waals surface area contributed by atoms with Crippen LogP contribution < -0.4 is 5.73 Å². The summed E-state index contributed by atoms with van der Waals surface area (Å²) in [6, 6.07) is 4.11. The Balaban J connectivity index is 2.19. The first-order valence-electron chi connectivity index (χ1n) is 3.28. The van der Waals surface area contributed by atoms with Crippen LogP contribution in [0.3, 0.4) is 0 Å². The molecule has 1 aromatic heterocycles. The summed E-state index contributed by atoms with van der Waals surface area (Å²) in [5, 5.41) is 9.04. The van der Waals surface area contributed by atoms with Gasteiger partial charge in [-0.1, -0.05) is 6.07 Å². The van der Waals surface area contributed by atoms with Gasteiger partial charge in [-0.25, -0.2) is 0 Å². The highest BCUT2D eigenvalue weighted by Gasteiger charge is 1.94. The number of nitrogens with one attached hydrogen (secondary N) is 1. The summed E-state index contributed by atoms with van der Waals surface area (Å²) in [7, 11) is 0. The lowest BCUT2D eigenvalue weighted by molar-refractivity contribution is 1.23. The normalized spacial score (nSPS) is 9.82. The maximum atomic E-state index is 6.99. The molecule has 2 nitrogen and oxygen atoms in total. The van der Waals surface area contributed by atoms with Crippen LogP contribution in [0.5, 0.6) is 0 Å². The van der Waals surface area contributed by atoms with Gasteiger partial charge in [-0.2, -0.15) is 0 Å². The van der Waals surface area contributed by atoms with Crippen LogP contribution in [0, 0.1) is 5.41 Å². The first-order chi connectivity index (χ1) is 5.29. The molecular weight excluding hydrogens is 176 g/mol. The summed E-state index contributed by atoms with van der Waals surface area (Å²) in [5.74, 6) is 1.18. The monoisotopic (exact) mass is 186 g/mol. The SMILES string of the molecule is N=C(N)CCSc1cccs1. The van der Waals surface area contributed by atoms with E-state index in [1.165, 1.54) is 4.21 Å². The van der Waals surface area contributed by atoms with Crippen molar-refractivity contribution in [3.8, 4) is 0 Å². The lowest BCUT2D eigenvalue weighted by Gasteiger charge is -1.95. The highest BCUT2D eigenvalue weighted by atomic mass is 32.2. The van der Waals surface area contributed by atoms with Crippen molar-refractivity contribution in [3.05, 3.63) is 17.5 Å². The number of hydrogen-bond donors (Lipinski definition) is 2. The summed E-state index contributed by atoms with van der Waals surface area (Å²) >= 11 is 3.48. The maximum absolute atomic E-state index is 6.99. The summed E-state index contributed by atoms with van der Waals surface area (Å²) < 4.78 is 1.30. The van der Waals surface area contributed by atoms with Crippen LogP contribution in [0.2, 0.25) is 0 Å². The van der Waals surface area contributed by atoms with Gasteiger partial charge in [-0.3, -0.25) is 5.41 Å². The number of hydrogen-bond acceptors (Lipinski definition) is 3. The Morgan fingerprint density at radius 3 is 3.09 bits per heavy atom. The topological polar surface area (TPSA) is 49.9 Å². The van der Waals surface area contributed by atoms with Gasteiger partial charge >= 0.3 is 0 Å². The molecule has 0 aromatic carbocycles. The molecule has 0 saturated heterocycles. The van der Waals surface area contributed by atoms with E-state index < -0.39 is 0 Å². The van der Waals surface area contributed by atoms with E-state index >= 15 is 0 Å². The van der Waals surface area contributed by atoms with E-state index in [0.29, 0.717) is 6.42 Å². The summed E-state index contributed by atoms with van der Waals surface area (Å²) in [4.78, 5) is 0. The van der Waals surface area contributed by atoms with Crippen molar-refractivity contribution in [1.29, 1.82) is 5.41 Å². The van der Waals surface area contributed by atoms with E-state index in [1.807, 2.05) is 6.07 Å². The molecule has 0 amide bonds. The molecule has 11 heavy (non-hydrogen) atoms. The third-order valence-electron chi connectivity index (χ3n) is 1.11. The molecule has 1 aromatic rings. The number of nitrogens with two attached hydrogens (primary N) is 1. The van der Waals surface area contributed by atoms with Crippen LogP contribution in [-0.2, 0) is 0 Å². The minimum atomic E-state index is 0.272. The zero-order valence-corrected chi connectivity index (χ0v) is 7.67. The van der Waals surface area contributed by atoms with Crippen molar-refractivity contribution in [2.75, 3.05) is 5.75 Å². The number of amidine groups is 1. The summed E-state index contributed by atoms with van der Waals surface area (Å²) in [6.45, 7) is 0.